The molecule has 0 spiro atoms. The number of carbonyl (C=O) groups is 2. The quantitative estimate of drug-likeness (QED) is 0.499. The van der Waals surface area contributed by atoms with Gasteiger partial charge >= 0.3 is 5.97 Å². The Kier molecular flexibility index (Phi) is 8.03. The van der Waals surface area contributed by atoms with Crippen molar-refractivity contribution in [2.45, 2.75) is 33.7 Å². The predicted octanol–water partition coefficient (Wildman–Crippen LogP) is 0.856. The van der Waals surface area contributed by atoms with Gasteiger partial charge in [-0.3, -0.25) is 4.79 Å². The summed E-state index contributed by atoms with van der Waals surface area (Å²) >= 11 is 0. The van der Waals surface area contributed by atoms with Crippen LogP contribution in [0, 0.1) is 5.92 Å². The average Bonchev–Trinajstić information content (AvgIpc) is 2.32. The van der Waals surface area contributed by atoms with Crippen molar-refractivity contribution in [2.75, 3.05) is 19.7 Å². The molecule has 0 saturated heterocycles. The number of hydrogen-bond donors (Lipinski definition) is 2. The molecule has 18 heavy (non-hydrogen) atoms. The first kappa shape index (κ1) is 16.6. The monoisotopic (exact) mass is 256 g/mol. The lowest BCUT2D eigenvalue weighted by atomic mass is 10.2. The molecule has 5 heteroatoms. The van der Waals surface area contributed by atoms with E-state index in [4.69, 9.17) is 4.74 Å². The van der Waals surface area contributed by atoms with Crippen molar-refractivity contribution in [3.63, 3.8) is 0 Å². The molecule has 5 nitrogen and oxygen atoms in total. The highest BCUT2D eigenvalue weighted by molar-refractivity contribution is 5.88. The molecule has 0 aliphatic carbocycles. The zero-order valence-corrected chi connectivity index (χ0v) is 11.7. The van der Waals surface area contributed by atoms with Crippen LogP contribution < -0.4 is 10.6 Å². The molecule has 0 aliphatic rings. The number of hydrogen-bond acceptors (Lipinski definition) is 4. The maximum absolute atomic E-state index is 11.6. The molecule has 0 aliphatic heterocycles. The van der Waals surface area contributed by atoms with Gasteiger partial charge in [-0.25, -0.2) is 4.79 Å². The van der Waals surface area contributed by atoms with E-state index in [-0.39, 0.29) is 18.5 Å². The Morgan fingerprint density at radius 3 is 2.39 bits per heavy atom. The van der Waals surface area contributed by atoms with E-state index >= 15 is 0 Å². The van der Waals surface area contributed by atoms with Gasteiger partial charge in [0.2, 0.25) is 5.91 Å². The van der Waals surface area contributed by atoms with Gasteiger partial charge in [0.05, 0.1) is 12.6 Å². The molecule has 1 unspecified atom stereocenters. The topological polar surface area (TPSA) is 67.4 Å². The molecule has 1 amide bonds. The van der Waals surface area contributed by atoms with Crippen LogP contribution in [0.2, 0.25) is 0 Å². The molecule has 0 aromatic rings. The minimum Gasteiger partial charge on any atom is -0.463 e. The van der Waals surface area contributed by atoms with E-state index in [0.717, 1.165) is 0 Å². The summed E-state index contributed by atoms with van der Waals surface area (Å²) in [5.74, 6) is -0.101. The van der Waals surface area contributed by atoms with Crippen molar-refractivity contribution in [3.8, 4) is 0 Å². The van der Waals surface area contributed by atoms with Gasteiger partial charge in [0, 0.05) is 18.7 Å². The molecule has 0 saturated carbocycles. The van der Waals surface area contributed by atoms with E-state index in [1.54, 1.807) is 13.8 Å². The molecule has 2 N–H and O–H groups in total. The lowest BCUT2D eigenvalue weighted by Gasteiger charge is -2.15. The fraction of sp³-hybridized carbons (Fsp3) is 0.692. The van der Waals surface area contributed by atoms with E-state index < -0.39 is 5.97 Å². The van der Waals surface area contributed by atoms with Gasteiger partial charge in [0.15, 0.2) is 0 Å². The minimum atomic E-state index is -0.431. The first-order valence-corrected chi connectivity index (χ1v) is 6.24. The summed E-state index contributed by atoms with van der Waals surface area (Å²) < 4.78 is 4.80. The lowest BCUT2D eigenvalue weighted by molar-refractivity contribution is -0.138. The number of amides is 1. The molecule has 0 fully saturated rings. The summed E-state index contributed by atoms with van der Waals surface area (Å²) in [6, 6.07) is -0.366. The Hall–Kier alpha value is -1.36. The first-order chi connectivity index (χ1) is 8.38. The van der Waals surface area contributed by atoms with Crippen LogP contribution in [-0.4, -0.2) is 37.6 Å². The Bertz CT molecular complexity index is 301. The van der Waals surface area contributed by atoms with Crippen molar-refractivity contribution in [1.29, 1.82) is 0 Å². The van der Waals surface area contributed by atoms with Crippen LogP contribution in [-0.2, 0) is 14.3 Å². The Morgan fingerprint density at radius 1 is 1.28 bits per heavy atom. The Morgan fingerprint density at radius 2 is 1.89 bits per heavy atom. The summed E-state index contributed by atoms with van der Waals surface area (Å²) in [6.45, 7) is 12.4. The van der Waals surface area contributed by atoms with Crippen LogP contribution in [0.5, 0.6) is 0 Å². The fourth-order valence-corrected chi connectivity index (χ4v) is 1.13. The van der Waals surface area contributed by atoms with Crippen LogP contribution in [0.1, 0.15) is 27.7 Å². The molecule has 0 aromatic carbocycles. The maximum Gasteiger partial charge on any atom is 0.334 e. The van der Waals surface area contributed by atoms with Gasteiger partial charge in [0.25, 0.3) is 0 Å². The van der Waals surface area contributed by atoms with Crippen LogP contribution in [0.25, 0.3) is 0 Å². The summed E-state index contributed by atoms with van der Waals surface area (Å²) in [4.78, 5) is 22.9. The van der Waals surface area contributed by atoms with Gasteiger partial charge in [-0.05, 0) is 19.8 Å². The zero-order chi connectivity index (χ0) is 14.1. The second-order valence-electron chi connectivity index (χ2n) is 4.57. The number of rotatable bonds is 8. The minimum absolute atomic E-state index is 0.0830. The molecule has 0 aromatic heterocycles. The van der Waals surface area contributed by atoms with Crippen LogP contribution >= 0.6 is 0 Å². The summed E-state index contributed by atoms with van der Waals surface area (Å²) in [5, 5.41) is 5.75. The van der Waals surface area contributed by atoms with Gasteiger partial charge in [-0.15, -0.1) is 0 Å². The predicted molar refractivity (Wildman–Crippen MR) is 71.1 cm³/mol. The van der Waals surface area contributed by atoms with Crippen molar-refractivity contribution in [2.24, 2.45) is 5.92 Å². The molecule has 0 heterocycles. The van der Waals surface area contributed by atoms with Gasteiger partial charge in [-0.1, -0.05) is 20.4 Å². The standard InChI is InChI=1S/C13H24N2O3/c1-6-18-13(17)10(4)8-14-11(5)12(16)15-7-9(2)3/h9,11,14H,4,6-8H2,1-3,5H3,(H,15,16). The summed E-state index contributed by atoms with van der Waals surface area (Å²) in [6.07, 6.45) is 0. The van der Waals surface area contributed by atoms with E-state index in [1.807, 2.05) is 13.8 Å². The van der Waals surface area contributed by atoms with Crippen LogP contribution in [0.3, 0.4) is 0 Å². The second-order valence-corrected chi connectivity index (χ2v) is 4.57. The average molecular weight is 256 g/mol. The molecular formula is C13H24N2O3. The van der Waals surface area contributed by atoms with Crippen molar-refractivity contribution in [1.82, 2.24) is 10.6 Å². The lowest BCUT2D eigenvalue weighted by Crippen LogP contribution is -2.44. The highest BCUT2D eigenvalue weighted by atomic mass is 16.5. The summed E-state index contributed by atoms with van der Waals surface area (Å²) in [7, 11) is 0. The van der Waals surface area contributed by atoms with Crippen molar-refractivity contribution in [3.05, 3.63) is 12.2 Å². The third-order valence-corrected chi connectivity index (χ3v) is 2.26. The number of carbonyl (C=O) groups excluding carboxylic acids is 2. The zero-order valence-electron chi connectivity index (χ0n) is 11.7. The Balaban J connectivity index is 3.94. The number of nitrogens with one attached hydrogen (secondary N) is 2. The number of esters is 1. The van der Waals surface area contributed by atoms with Crippen molar-refractivity contribution < 1.29 is 14.3 Å². The normalized spacial score (nSPS) is 12.1. The molecule has 104 valence electrons. The van der Waals surface area contributed by atoms with Gasteiger partial charge < -0.3 is 15.4 Å². The van der Waals surface area contributed by atoms with Crippen molar-refractivity contribution >= 4 is 11.9 Å². The van der Waals surface area contributed by atoms with E-state index in [9.17, 15) is 9.59 Å². The smallest absolute Gasteiger partial charge is 0.334 e. The molecule has 0 radical (unpaired) electrons. The molecule has 0 bridgehead atoms. The molecule has 1 atom stereocenters. The first-order valence-electron chi connectivity index (χ1n) is 6.24. The summed E-state index contributed by atoms with van der Waals surface area (Å²) in [5.41, 5.74) is 0.320. The van der Waals surface area contributed by atoms with Crippen LogP contribution in [0.15, 0.2) is 12.2 Å². The Labute approximate surface area is 109 Å². The van der Waals surface area contributed by atoms with E-state index in [1.165, 1.54) is 0 Å². The number of ether oxygens (including phenoxy) is 1. The third kappa shape index (κ3) is 7.06. The fourth-order valence-electron chi connectivity index (χ4n) is 1.13. The molecular weight excluding hydrogens is 232 g/mol. The van der Waals surface area contributed by atoms with Gasteiger partial charge in [0.1, 0.15) is 0 Å². The van der Waals surface area contributed by atoms with Gasteiger partial charge in [-0.2, -0.15) is 0 Å². The highest BCUT2D eigenvalue weighted by Gasteiger charge is 2.14. The molecule has 0 rings (SSSR count). The largest absolute Gasteiger partial charge is 0.463 e. The third-order valence-electron chi connectivity index (χ3n) is 2.26. The SMILES string of the molecule is C=C(CNC(C)C(=O)NCC(C)C)C(=O)OCC. The maximum atomic E-state index is 11.6. The van der Waals surface area contributed by atoms with Crippen LogP contribution in [0.4, 0.5) is 0 Å². The second kappa shape index (κ2) is 8.69. The van der Waals surface area contributed by atoms with E-state index in [0.29, 0.717) is 24.6 Å². The highest BCUT2D eigenvalue weighted by Crippen LogP contribution is 1.95. The van der Waals surface area contributed by atoms with E-state index in [2.05, 4.69) is 17.2 Å².